The highest BCUT2D eigenvalue weighted by Crippen LogP contribution is 2.19. The molecule has 0 saturated carbocycles. The average molecular weight is 216 g/mol. The van der Waals surface area contributed by atoms with E-state index >= 15 is 0 Å². The van der Waals surface area contributed by atoms with Gasteiger partial charge in [-0.25, -0.2) is 4.98 Å². The minimum atomic E-state index is 0.502. The lowest BCUT2D eigenvalue weighted by Gasteiger charge is -2.05. The van der Waals surface area contributed by atoms with Crippen molar-refractivity contribution in [2.75, 3.05) is 5.88 Å². The number of rotatable bonds is 3. The molecule has 0 atom stereocenters. The zero-order valence-electron chi connectivity index (χ0n) is 8.17. The molecule has 0 saturated heterocycles. The first-order valence-electron chi connectivity index (χ1n) is 4.32. The second-order valence-corrected chi connectivity index (χ2v) is 4.85. The average Bonchev–Trinajstić information content (AvgIpc) is 2.46. The standard InChI is InChI=1S/C10H14ClNS/c1-7(2)9(5-11)4-10-12-6-8(3)13-10/h4,6-7H,5H2,1-3H3/b9-4+. The lowest BCUT2D eigenvalue weighted by Crippen LogP contribution is -1.94. The number of aryl methyl sites for hydroxylation is 1. The molecule has 0 spiro atoms. The van der Waals surface area contributed by atoms with Crippen molar-refractivity contribution in [3.8, 4) is 0 Å². The number of alkyl halides is 1. The molecule has 1 aromatic rings. The van der Waals surface area contributed by atoms with E-state index in [0.29, 0.717) is 11.8 Å². The van der Waals surface area contributed by atoms with Gasteiger partial charge in [0.05, 0.1) is 0 Å². The molecule has 0 radical (unpaired) electrons. The van der Waals surface area contributed by atoms with Gasteiger partial charge >= 0.3 is 0 Å². The van der Waals surface area contributed by atoms with Gasteiger partial charge in [0.15, 0.2) is 0 Å². The number of nitrogens with zero attached hydrogens (tertiary/aromatic N) is 1. The summed E-state index contributed by atoms with van der Waals surface area (Å²) >= 11 is 7.53. The largest absolute Gasteiger partial charge is 0.245 e. The van der Waals surface area contributed by atoms with Crippen LogP contribution >= 0.6 is 22.9 Å². The molecule has 0 fully saturated rings. The fraction of sp³-hybridized carbons (Fsp3) is 0.500. The fourth-order valence-corrected chi connectivity index (χ4v) is 2.09. The van der Waals surface area contributed by atoms with Crippen LogP contribution in [0.15, 0.2) is 11.8 Å². The molecule has 72 valence electrons. The second-order valence-electron chi connectivity index (χ2n) is 3.32. The molecule has 1 aromatic heterocycles. The molecule has 0 bridgehead atoms. The maximum atomic E-state index is 5.83. The summed E-state index contributed by atoms with van der Waals surface area (Å²) in [6, 6.07) is 0. The van der Waals surface area contributed by atoms with E-state index in [1.54, 1.807) is 11.3 Å². The maximum absolute atomic E-state index is 5.83. The lowest BCUT2D eigenvalue weighted by molar-refractivity contribution is 0.778. The Hall–Kier alpha value is -0.340. The van der Waals surface area contributed by atoms with Crippen LogP contribution in [0.1, 0.15) is 23.7 Å². The summed E-state index contributed by atoms with van der Waals surface area (Å²) in [5.41, 5.74) is 1.25. The van der Waals surface area contributed by atoms with Crippen molar-refractivity contribution in [3.63, 3.8) is 0 Å². The molecule has 0 unspecified atom stereocenters. The zero-order chi connectivity index (χ0) is 9.84. The molecule has 1 nitrogen and oxygen atoms in total. The Balaban J connectivity index is 2.84. The molecular weight excluding hydrogens is 202 g/mol. The van der Waals surface area contributed by atoms with Gasteiger partial charge in [0.1, 0.15) is 5.01 Å². The highest BCUT2D eigenvalue weighted by Gasteiger charge is 2.03. The third-order valence-corrected chi connectivity index (χ3v) is 3.01. The number of hydrogen-bond acceptors (Lipinski definition) is 2. The van der Waals surface area contributed by atoms with Gasteiger partial charge in [-0.2, -0.15) is 0 Å². The minimum absolute atomic E-state index is 0.502. The predicted molar refractivity (Wildman–Crippen MR) is 60.4 cm³/mol. The molecule has 1 heterocycles. The number of halogens is 1. The molecule has 0 N–H and O–H groups in total. The highest BCUT2D eigenvalue weighted by molar-refractivity contribution is 7.12. The number of hydrogen-bond donors (Lipinski definition) is 0. The topological polar surface area (TPSA) is 12.9 Å². The van der Waals surface area contributed by atoms with Crippen molar-refractivity contribution in [1.82, 2.24) is 4.98 Å². The van der Waals surface area contributed by atoms with E-state index in [2.05, 4.69) is 31.8 Å². The van der Waals surface area contributed by atoms with E-state index in [0.717, 1.165) is 5.01 Å². The van der Waals surface area contributed by atoms with Crippen LogP contribution in [0.4, 0.5) is 0 Å². The van der Waals surface area contributed by atoms with E-state index in [4.69, 9.17) is 11.6 Å². The van der Waals surface area contributed by atoms with Gasteiger partial charge in [-0.15, -0.1) is 22.9 Å². The molecule has 0 aromatic carbocycles. The normalized spacial score (nSPS) is 12.5. The summed E-state index contributed by atoms with van der Waals surface area (Å²) in [5.74, 6) is 1.10. The van der Waals surface area contributed by atoms with Crippen LogP contribution in [-0.4, -0.2) is 10.9 Å². The van der Waals surface area contributed by atoms with Gasteiger partial charge in [-0.3, -0.25) is 0 Å². The van der Waals surface area contributed by atoms with Crippen LogP contribution < -0.4 is 0 Å². The van der Waals surface area contributed by atoms with E-state index in [1.807, 2.05) is 6.20 Å². The first kappa shape index (κ1) is 10.7. The third-order valence-electron chi connectivity index (χ3n) is 1.84. The van der Waals surface area contributed by atoms with Crippen molar-refractivity contribution in [2.24, 2.45) is 5.92 Å². The third kappa shape index (κ3) is 3.12. The second kappa shape index (κ2) is 4.77. The van der Waals surface area contributed by atoms with Gasteiger partial charge in [0, 0.05) is 17.0 Å². The highest BCUT2D eigenvalue weighted by atomic mass is 35.5. The van der Waals surface area contributed by atoms with Crippen LogP contribution in [0.3, 0.4) is 0 Å². The predicted octanol–water partition coefficient (Wildman–Crippen LogP) is 3.73. The summed E-state index contributed by atoms with van der Waals surface area (Å²) in [7, 11) is 0. The van der Waals surface area contributed by atoms with E-state index in [-0.39, 0.29) is 0 Å². The first-order valence-corrected chi connectivity index (χ1v) is 5.67. The van der Waals surface area contributed by atoms with Crippen molar-refractivity contribution in [2.45, 2.75) is 20.8 Å². The van der Waals surface area contributed by atoms with Gasteiger partial charge in [-0.1, -0.05) is 13.8 Å². The first-order chi connectivity index (χ1) is 6.13. The van der Waals surface area contributed by atoms with E-state index < -0.39 is 0 Å². The van der Waals surface area contributed by atoms with Crippen LogP contribution in [0.2, 0.25) is 0 Å². The lowest BCUT2D eigenvalue weighted by atomic mass is 10.1. The minimum Gasteiger partial charge on any atom is -0.245 e. The Kier molecular flexibility index (Phi) is 3.94. The zero-order valence-corrected chi connectivity index (χ0v) is 9.75. The number of thiazole rings is 1. The van der Waals surface area contributed by atoms with Gasteiger partial charge in [0.2, 0.25) is 0 Å². The summed E-state index contributed by atoms with van der Waals surface area (Å²) in [6.45, 7) is 6.36. The smallest absolute Gasteiger partial charge is 0.116 e. The van der Waals surface area contributed by atoms with Crippen molar-refractivity contribution < 1.29 is 0 Å². The van der Waals surface area contributed by atoms with Crippen molar-refractivity contribution >= 4 is 29.0 Å². The van der Waals surface area contributed by atoms with Gasteiger partial charge < -0.3 is 0 Å². The monoisotopic (exact) mass is 215 g/mol. The van der Waals surface area contributed by atoms with E-state index in [1.165, 1.54) is 10.5 Å². The molecule has 3 heteroatoms. The molecule has 13 heavy (non-hydrogen) atoms. The Morgan fingerprint density at radius 3 is 2.77 bits per heavy atom. The van der Waals surface area contributed by atoms with Crippen LogP contribution in [0.25, 0.3) is 6.08 Å². The maximum Gasteiger partial charge on any atom is 0.116 e. The fourth-order valence-electron chi connectivity index (χ4n) is 0.957. The Labute approximate surface area is 88.5 Å². The molecule has 0 aliphatic heterocycles. The number of aromatic nitrogens is 1. The Morgan fingerprint density at radius 1 is 1.69 bits per heavy atom. The van der Waals surface area contributed by atoms with Crippen LogP contribution in [0, 0.1) is 12.8 Å². The molecular formula is C10H14ClNS. The molecule has 0 aliphatic rings. The van der Waals surface area contributed by atoms with Crippen molar-refractivity contribution in [3.05, 3.63) is 21.7 Å². The van der Waals surface area contributed by atoms with Crippen LogP contribution in [0.5, 0.6) is 0 Å². The summed E-state index contributed by atoms with van der Waals surface area (Å²) in [6.07, 6.45) is 3.98. The summed E-state index contributed by atoms with van der Waals surface area (Å²) < 4.78 is 0. The van der Waals surface area contributed by atoms with Crippen molar-refractivity contribution in [1.29, 1.82) is 0 Å². The van der Waals surface area contributed by atoms with Gasteiger partial charge in [-0.05, 0) is 24.5 Å². The van der Waals surface area contributed by atoms with E-state index in [9.17, 15) is 0 Å². The van der Waals surface area contributed by atoms with Crippen LogP contribution in [-0.2, 0) is 0 Å². The quantitative estimate of drug-likeness (QED) is 0.701. The molecule has 1 rings (SSSR count). The van der Waals surface area contributed by atoms with Gasteiger partial charge in [0.25, 0.3) is 0 Å². The summed E-state index contributed by atoms with van der Waals surface area (Å²) in [5, 5.41) is 1.06. The molecule has 0 aliphatic carbocycles. The Bertz CT molecular complexity index is 302. The SMILES string of the molecule is Cc1cnc(/C=C(\CCl)C(C)C)s1. The summed E-state index contributed by atoms with van der Waals surface area (Å²) in [4.78, 5) is 5.51. The number of allylic oxidation sites excluding steroid dienone is 1. The molecule has 0 amide bonds. The Morgan fingerprint density at radius 2 is 2.38 bits per heavy atom.